The highest BCUT2D eigenvalue weighted by Gasteiger charge is 2.39. The second-order valence-electron chi connectivity index (χ2n) is 9.06. The smallest absolute Gasteiger partial charge is 0.394 e. The Balaban J connectivity index is 1.61. The summed E-state index contributed by atoms with van der Waals surface area (Å²) in [7, 11) is 0. The number of hydrogen-bond donors (Lipinski definition) is 3. The number of aromatic nitrogens is 2. The van der Waals surface area contributed by atoms with Crippen LogP contribution in [0.4, 0.5) is 26.3 Å². The van der Waals surface area contributed by atoms with Crippen LogP contribution in [0.5, 0.6) is 0 Å². The van der Waals surface area contributed by atoms with Crippen LogP contribution >= 0.6 is 11.8 Å². The molecule has 1 amide bonds. The van der Waals surface area contributed by atoms with Crippen molar-refractivity contribution < 1.29 is 36.2 Å². The van der Waals surface area contributed by atoms with Crippen LogP contribution in [0, 0.1) is 0 Å². The predicted octanol–water partition coefficient (Wildman–Crippen LogP) is 4.45. The first-order chi connectivity index (χ1) is 18.5. The number of nitrogens with zero attached hydrogens (tertiary/aromatic N) is 3. The summed E-state index contributed by atoms with van der Waals surface area (Å²) in [5.74, 6) is -0.673. The van der Waals surface area contributed by atoms with Crippen molar-refractivity contribution in [1.29, 1.82) is 0 Å². The number of nitrogens with one attached hydrogen (secondary N) is 2. The largest absolute Gasteiger partial charge is 0.416 e. The number of halogens is 6. The zero-order valence-electron chi connectivity index (χ0n) is 20.0. The lowest BCUT2D eigenvalue weighted by Gasteiger charge is -2.35. The molecule has 206 valence electrons. The lowest BCUT2D eigenvalue weighted by Crippen LogP contribution is -2.54. The third kappa shape index (κ3) is 5.54. The Morgan fingerprint density at radius 1 is 1.10 bits per heavy atom. The number of rotatable bonds is 4. The van der Waals surface area contributed by atoms with E-state index < -0.39 is 41.4 Å². The van der Waals surface area contributed by atoms with Crippen LogP contribution in [0.25, 0.3) is 16.5 Å². The summed E-state index contributed by atoms with van der Waals surface area (Å²) in [4.78, 5) is 19.1. The molecular formula is C25H21F6N5O2S. The number of aliphatic imine (C=N–C) groups is 1. The molecule has 3 heterocycles. The first-order valence-corrected chi connectivity index (χ1v) is 12.6. The van der Waals surface area contributed by atoms with E-state index in [9.17, 15) is 36.2 Å². The van der Waals surface area contributed by atoms with E-state index in [2.05, 4.69) is 20.5 Å². The summed E-state index contributed by atoms with van der Waals surface area (Å²) in [6, 6.07) is 6.04. The van der Waals surface area contributed by atoms with Gasteiger partial charge in [0.05, 0.1) is 40.4 Å². The molecule has 5 rings (SSSR count). The summed E-state index contributed by atoms with van der Waals surface area (Å²) in [5, 5.41) is 20.6. The quantitative estimate of drug-likeness (QED) is 0.318. The van der Waals surface area contributed by atoms with Crippen molar-refractivity contribution in [1.82, 2.24) is 20.4 Å². The van der Waals surface area contributed by atoms with Crippen molar-refractivity contribution in [2.45, 2.75) is 24.8 Å². The molecule has 1 atom stereocenters. The third-order valence-electron chi connectivity index (χ3n) is 6.56. The molecule has 2 aromatic carbocycles. The van der Waals surface area contributed by atoms with E-state index in [0.717, 1.165) is 17.8 Å². The summed E-state index contributed by atoms with van der Waals surface area (Å²) in [5.41, 5.74) is -2.02. The van der Waals surface area contributed by atoms with E-state index in [1.165, 1.54) is 6.20 Å². The molecule has 3 N–H and O–H groups in total. The van der Waals surface area contributed by atoms with Gasteiger partial charge in [-0.3, -0.25) is 9.89 Å². The molecule has 0 bridgehead atoms. The van der Waals surface area contributed by atoms with Crippen LogP contribution in [0.2, 0.25) is 0 Å². The average molecular weight is 570 g/mol. The van der Waals surface area contributed by atoms with E-state index in [-0.39, 0.29) is 29.2 Å². The molecule has 0 saturated carbocycles. The SMILES string of the molecule is O=C1N=C(N2CCNCC2CO)SC1=C(Cc1ccc(C(F)(F)F)cc1C(F)(F)F)c1ccc2[nH]ncc2c1. The number of benzene rings is 2. The number of carbonyl (C=O) groups is 1. The topological polar surface area (TPSA) is 93.6 Å². The second-order valence-corrected chi connectivity index (χ2v) is 10.0. The Kier molecular flexibility index (Phi) is 7.20. The maximum atomic E-state index is 14.0. The van der Waals surface area contributed by atoms with Gasteiger partial charge in [0.15, 0.2) is 5.17 Å². The molecule has 1 aromatic heterocycles. The maximum absolute atomic E-state index is 14.0. The Hall–Kier alpha value is -3.36. The number of carbonyl (C=O) groups excluding carboxylic acids is 1. The maximum Gasteiger partial charge on any atom is 0.416 e. The van der Waals surface area contributed by atoms with Crippen molar-refractivity contribution in [3.05, 3.63) is 69.8 Å². The van der Waals surface area contributed by atoms with Gasteiger partial charge < -0.3 is 15.3 Å². The van der Waals surface area contributed by atoms with Gasteiger partial charge in [0.2, 0.25) is 0 Å². The Bertz CT molecular complexity index is 1480. The highest BCUT2D eigenvalue weighted by Crippen LogP contribution is 2.42. The van der Waals surface area contributed by atoms with Crippen molar-refractivity contribution in [3.63, 3.8) is 0 Å². The number of piperazine rings is 1. The molecule has 1 fully saturated rings. The zero-order chi connectivity index (χ0) is 27.9. The minimum Gasteiger partial charge on any atom is -0.394 e. The number of alkyl halides is 6. The zero-order valence-corrected chi connectivity index (χ0v) is 20.8. The number of allylic oxidation sites excluding steroid dienone is 1. The van der Waals surface area contributed by atoms with Crippen molar-refractivity contribution in [3.8, 4) is 0 Å². The Morgan fingerprint density at radius 3 is 2.62 bits per heavy atom. The first kappa shape index (κ1) is 27.2. The number of thioether (sulfide) groups is 1. The molecule has 39 heavy (non-hydrogen) atoms. The first-order valence-electron chi connectivity index (χ1n) is 11.8. The molecule has 2 aliphatic heterocycles. The second kappa shape index (κ2) is 10.3. The number of aromatic amines is 1. The van der Waals surface area contributed by atoms with Gasteiger partial charge in [-0.15, -0.1) is 0 Å². The molecule has 14 heteroatoms. The van der Waals surface area contributed by atoms with E-state index in [0.29, 0.717) is 47.3 Å². The minimum atomic E-state index is -5.06. The summed E-state index contributed by atoms with van der Waals surface area (Å²) in [6.07, 6.45) is -8.99. The number of fused-ring (bicyclic) bond motifs is 1. The molecular weight excluding hydrogens is 548 g/mol. The van der Waals surface area contributed by atoms with Gasteiger partial charge >= 0.3 is 12.4 Å². The number of amides is 1. The number of H-pyrrole nitrogens is 1. The number of amidine groups is 1. The van der Waals surface area contributed by atoms with Crippen LogP contribution in [0.1, 0.15) is 22.3 Å². The monoisotopic (exact) mass is 569 g/mol. The molecule has 0 radical (unpaired) electrons. The van der Waals surface area contributed by atoms with Gasteiger partial charge in [0.1, 0.15) is 0 Å². The molecule has 1 saturated heterocycles. The normalized spacial score (nSPS) is 20.1. The fourth-order valence-electron chi connectivity index (χ4n) is 4.59. The van der Waals surface area contributed by atoms with Crippen LogP contribution in [-0.4, -0.2) is 63.6 Å². The molecule has 0 spiro atoms. The minimum absolute atomic E-state index is 0.0658. The van der Waals surface area contributed by atoms with Crippen LogP contribution in [0.15, 0.2) is 52.5 Å². The van der Waals surface area contributed by atoms with Gasteiger partial charge in [-0.2, -0.15) is 36.4 Å². The van der Waals surface area contributed by atoms with Crippen molar-refractivity contribution in [2.24, 2.45) is 4.99 Å². The van der Waals surface area contributed by atoms with Gasteiger partial charge in [-0.1, -0.05) is 12.1 Å². The lowest BCUT2D eigenvalue weighted by atomic mass is 9.92. The van der Waals surface area contributed by atoms with Gasteiger partial charge in [0.25, 0.3) is 5.91 Å². The molecule has 2 aliphatic rings. The third-order valence-corrected chi connectivity index (χ3v) is 7.70. The fraction of sp³-hybridized carbons (Fsp3) is 0.320. The van der Waals surface area contributed by atoms with E-state index in [1.54, 1.807) is 23.1 Å². The van der Waals surface area contributed by atoms with Crippen LogP contribution < -0.4 is 5.32 Å². The Morgan fingerprint density at radius 2 is 1.90 bits per heavy atom. The highest BCUT2D eigenvalue weighted by molar-refractivity contribution is 8.18. The lowest BCUT2D eigenvalue weighted by molar-refractivity contribution is -0.143. The fourth-order valence-corrected chi connectivity index (χ4v) is 5.70. The summed E-state index contributed by atoms with van der Waals surface area (Å²) >= 11 is 0.977. The molecule has 7 nitrogen and oxygen atoms in total. The van der Waals surface area contributed by atoms with Gasteiger partial charge in [-0.25, -0.2) is 0 Å². The molecule has 1 unspecified atom stereocenters. The average Bonchev–Trinajstić information content (AvgIpc) is 3.52. The number of hydrogen-bond acceptors (Lipinski definition) is 6. The number of aliphatic hydroxyl groups excluding tert-OH is 1. The van der Waals surface area contributed by atoms with E-state index >= 15 is 0 Å². The number of aliphatic hydroxyl groups is 1. The predicted molar refractivity (Wildman–Crippen MR) is 134 cm³/mol. The standard InChI is InChI=1S/C25H21F6N5O2S/c26-24(27,28)16-3-1-14(19(9-16)25(29,30)31)8-18(13-2-4-20-15(7-13)10-33-35-20)21-22(38)34-23(39-21)36-6-5-32-11-17(36)12-37/h1-4,7,9-10,17,32,37H,5-6,8,11-12H2,(H,33,35). The van der Waals surface area contributed by atoms with Gasteiger partial charge in [0, 0.05) is 25.0 Å². The molecule has 0 aliphatic carbocycles. The molecule has 3 aromatic rings. The van der Waals surface area contributed by atoms with Crippen LogP contribution in [0.3, 0.4) is 0 Å². The van der Waals surface area contributed by atoms with Gasteiger partial charge in [-0.05, 0) is 59.1 Å². The van der Waals surface area contributed by atoms with Crippen molar-refractivity contribution >= 4 is 39.3 Å². The van der Waals surface area contributed by atoms with E-state index in [4.69, 9.17) is 0 Å². The van der Waals surface area contributed by atoms with E-state index in [1.807, 2.05) is 0 Å². The van der Waals surface area contributed by atoms with Crippen molar-refractivity contribution in [2.75, 3.05) is 26.2 Å². The Labute approximate surface area is 222 Å². The highest BCUT2D eigenvalue weighted by atomic mass is 32.2. The summed E-state index contributed by atoms with van der Waals surface area (Å²) in [6.45, 7) is 1.27. The van der Waals surface area contributed by atoms with Crippen LogP contribution in [-0.2, 0) is 23.6 Å². The summed E-state index contributed by atoms with van der Waals surface area (Å²) < 4.78 is 81.6.